The van der Waals surface area contributed by atoms with Crippen LogP contribution in [0.25, 0.3) is 5.65 Å². The van der Waals surface area contributed by atoms with Crippen molar-refractivity contribution in [3.63, 3.8) is 0 Å². The number of rotatable bonds is 4. The molecule has 1 aliphatic carbocycles. The van der Waals surface area contributed by atoms with Gasteiger partial charge in [-0.3, -0.25) is 9.59 Å². The predicted molar refractivity (Wildman–Crippen MR) is 128 cm³/mol. The Bertz CT molecular complexity index is 1230. The second kappa shape index (κ2) is 8.64. The summed E-state index contributed by atoms with van der Waals surface area (Å²) in [6.45, 7) is 6.18. The van der Waals surface area contributed by atoms with Crippen LogP contribution in [-0.4, -0.2) is 58.4 Å². The number of nitrogens with zero attached hydrogens (tertiary/aromatic N) is 4. The van der Waals surface area contributed by atoms with Gasteiger partial charge in [-0.15, -0.1) is 5.10 Å². The van der Waals surface area contributed by atoms with Crippen molar-refractivity contribution in [3.05, 3.63) is 60.0 Å². The largest absolute Gasteiger partial charge is 0.481 e. The van der Waals surface area contributed by atoms with Gasteiger partial charge in [0.25, 0.3) is 0 Å². The number of hydrogen-bond acceptors (Lipinski definition) is 7. The quantitative estimate of drug-likeness (QED) is 0.571. The molecule has 3 aromatic rings. The Balaban J connectivity index is 0.000000371. The molecule has 5 heterocycles. The molecule has 9 nitrogen and oxygen atoms in total. The van der Waals surface area contributed by atoms with Crippen LogP contribution in [0.4, 0.5) is 5.69 Å². The van der Waals surface area contributed by atoms with E-state index in [9.17, 15) is 14.7 Å². The van der Waals surface area contributed by atoms with Crippen molar-refractivity contribution in [1.82, 2.24) is 14.6 Å². The van der Waals surface area contributed by atoms with Gasteiger partial charge in [0.15, 0.2) is 11.5 Å². The number of aliphatic carboxylic acids is 1. The summed E-state index contributed by atoms with van der Waals surface area (Å²) in [5.74, 6) is -1.60. The molecule has 1 N–H and O–H groups in total. The molecule has 0 amide bonds. The van der Waals surface area contributed by atoms with Crippen molar-refractivity contribution in [2.24, 2.45) is 17.3 Å². The minimum atomic E-state index is -1.27. The minimum absolute atomic E-state index is 0.0481. The molecule has 4 atom stereocenters. The summed E-state index contributed by atoms with van der Waals surface area (Å²) in [5.41, 5.74) is 0.313. The van der Waals surface area contributed by atoms with Crippen molar-refractivity contribution in [3.8, 4) is 0 Å². The van der Waals surface area contributed by atoms with Gasteiger partial charge >= 0.3 is 11.9 Å². The van der Waals surface area contributed by atoms with E-state index in [1.54, 1.807) is 4.52 Å². The number of carbonyl (C=O) groups is 2. The number of methoxy groups -OCH3 is 1. The van der Waals surface area contributed by atoms with Gasteiger partial charge in [0.1, 0.15) is 16.9 Å². The van der Waals surface area contributed by atoms with E-state index in [0.29, 0.717) is 17.4 Å². The Morgan fingerprint density at radius 1 is 1.20 bits per heavy atom. The average Bonchev–Trinajstić information content (AvgIpc) is 3.62. The molecule has 4 fully saturated rings. The van der Waals surface area contributed by atoms with E-state index >= 15 is 0 Å². The maximum Gasteiger partial charge on any atom is 0.313 e. The van der Waals surface area contributed by atoms with E-state index in [2.05, 4.69) is 28.0 Å². The number of hydrogen-bond donors (Lipinski definition) is 1. The monoisotopic (exact) mass is 478 g/mol. The van der Waals surface area contributed by atoms with Crippen molar-refractivity contribution in [2.75, 3.05) is 31.7 Å². The number of ether oxygens (including phenoxy) is 2. The maximum absolute atomic E-state index is 12.4. The van der Waals surface area contributed by atoms with Crippen LogP contribution < -0.4 is 4.90 Å². The number of anilines is 1. The lowest BCUT2D eigenvalue weighted by Gasteiger charge is -2.46. The Kier molecular flexibility index (Phi) is 5.75. The van der Waals surface area contributed by atoms with Gasteiger partial charge in [-0.25, -0.2) is 9.50 Å². The molecule has 0 spiro atoms. The molecule has 3 aliphatic heterocycles. The topological polar surface area (TPSA) is 106 Å². The van der Waals surface area contributed by atoms with Crippen LogP contribution in [0.1, 0.15) is 31.2 Å². The smallest absolute Gasteiger partial charge is 0.313 e. The highest BCUT2D eigenvalue weighted by molar-refractivity contribution is 5.89. The first-order chi connectivity index (χ1) is 16.8. The van der Waals surface area contributed by atoms with Crippen LogP contribution in [0, 0.1) is 24.2 Å². The zero-order valence-electron chi connectivity index (χ0n) is 20.2. The summed E-state index contributed by atoms with van der Waals surface area (Å²) < 4.78 is 12.5. The zero-order chi connectivity index (χ0) is 24.8. The van der Waals surface area contributed by atoms with Crippen LogP contribution in [-0.2, 0) is 24.7 Å². The molecule has 9 heteroatoms. The van der Waals surface area contributed by atoms with Gasteiger partial charge in [-0.1, -0.05) is 43.3 Å². The average molecular weight is 479 g/mol. The fraction of sp³-hybridized carbons (Fsp3) is 0.462. The molecule has 0 radical (unpaired) electrons. The van der Waals surface area contributed by atoms with Crippen molar-refractivity contribution < 1.29 is 24.2 Å². The Hall–Kier alpha value is -3.46. The van der Waals surface area contributed by atoms with Gasteiger partial charge in [0.05, 0.1) is 25.6 Å². The highest BCUT2D eigenvalue weighted by Crippen LogP contribution is 2.67. The number of fused-ring (bicyclic) bond motifs is 2. The molecule has 4 unspecified atom stereocenters. The van der Waals surface area contributed by atoms with E-state index in [1.807, 2.05) is 49.5 Å². The summed E-state index contributed by atoms with van der Waals surface area (Å²) in [4.78, 5) is 31.3. The van der Waals surface area contributed by atoms with Crippen LogP contribution in [0.2, 0.25) is 0 Å². The number of carbonyl (C=O) groups excluding carboxylic acids is 1. The zero-order valence-corrected chi connectivity index (χ0v) is 20.2. The van der Waals surface area contributed by atoms with Gasteiger partial charge < -0.3 is 19.5 Å². The molecule has 2 aromatic heterocycles. The number of aromatic nitrogens is 3. The van der Waals surface area contributed by atoms with E-state index in [1.165, 1.54) is 7.11 Å². The molecular weight excluding hydrogens is 448 g/mol. The van der Waals surface area contributed by atoms with E-state index in [0.717, 1.165) is 30.8 Å². The first kappa shape index (κ1) is 23.3. The van der Waals surface area contributed by atoms with Crippen molar-refractivity contribution >= 4 is 23.3 Å². The lowest BCUT2D eigenvalue weighted by molar-refractivity contribution is -0.185. The lowest BCUT2D eigenvalue weighted by Crippen LogP contribution is -2.60. The molecule has 3 saturated heterocycles. The van der Waals surface area contributed by atoms with E-state index < -0.39 is 28.9 Å². The lowest BCUT2D eigenvalue weighted by atomic mass is 9.53. The summed E-state index contributed by atoms with van der Waals surface area (Å²) in [6.07, 6.45) is 3.27. The summed E-state index contributed by atoms with van der Waals surface area (Å²) in [5, 5.41) is 14.3. The molecule has 1 aromatic carbocycles. The molecule has 4 aliphatic rings. The van der Waals surface area contributed by atoms with Gasteiger partial charge in [-0.2, -0.15) is 0 Å². The third kappa shape index (κ3) is 3.65. The molecule has 1 saturated carbocycles. The molecule has 7 rings (SSSR count). The molecule has 35 heavy (non-hydrogen) atoms. The van der Waals surface area contributed by atoms with Gasteiger partial charge in [0, 0.05) is 19.5 Å². The fourth-order valence-corrected chi connectivity index (χ4v) is 5.62. The number of carboxylic acid groups (broad SMARTS) is 1. The number of aryl methyl sites for hydroxylation is 1. The second-order valence-corrected chi connectivity index (χ2v) is 9.85. The highest BCUT2D eigenvalue weighted by Gasteiger charge is 2.79. The number of carboxylic acids is 1. The third-order valence-electron chi connectivity index (χ3n) is 7.48. The Labute approximate surface area is 203 Å². The standard InChI is InChI=1S/C20H24N4O5.C6H6/c1-11-4-5-23(7-11)13-6-12(2)15-21-17(22-24(15)8-13)20-9-19(10-29-20,18(26)27)14(20)16(25)28-3;1-2-4-6-5-3-1/h6,8,11,14H,4-5,7,9-10H2,1-3H3,(H,26,27);1-6H. The fourth-order valence-electron chi connectivity index (χ4n) is 5.62. The Morgan fingerprint density at radius 3 is 2.46 bits per heavy atom. The second-order valence-electron chi connectivity index (χ2n) is 9.85. The highest BCUT2D eigenvalue weighted by atomic mass is 16.5. The number of benzene rings is 1. The first-order valence-electron chi connectivity index (χ1n) is 11.9. The van der Waals surface area contributed by atoms with Gasteiger partial charge in [-0.05, 0) is 30.9 Å². The third-order valence-corrected chi connectivity index (χ3v) is 7.48. The van der Waals surface area contributed by atoms with Crippen molar-refractivity contribution in [2.45, 2.75) is 32.3 Å². The minimum Gasteiger partial charge on any atom is -0.481 e. The number of esters is 1. The summed E-state index contributed by atoms with van der Waals surface area (Å²) >= 11 is 0. The number of pyridine rings is 1. The molecular formula is C26H30N4O5. The first-order valence-corrected chi connectivity index (χ1v) is 11.9. The predicted octanol–water partition coefficient (Wildman–Crippen LogP) is 3.06. The van der Waals surface area contributed by atoms with Gasteiger partial charge in [0.2, 0.25) is 0 Å². The molecule has 184 valence electrons. The summed E-state index contributed by atoms with van der Waals surface area (Å²) in [6, 6.07) is 14.1. The van der Waals surface area contributed by atoms with E-state index in [4.69, 9.17) is 9.47 Å². The summed E-state index contributed by atoms with van der Waals surface area (Å²) in [7, 11) is 1.26. The van der Waals surface area contributed by atoms with Crippen LogP contribution in [0.5, 0.6) is 0 Å². The van der Waals surface area contributed by atoms with Crippen LogP contribution in [0.3, 0.4) is 0 Å². The van der Waals surface area contributed by atoms with Crippen LogP contribution in [0.15, 0.2) is 48.7 Å². The van der Waals surface area contributed by atoms with Crippen LogP contribution >= 0.6 is 0 Å². The maximum atomic E-state index is 12.4. The molecule has 2 bridgehead atoms. The van der Waals surface area contributed by atoms with E-state index in [-0.39, 0.29) is 13.0 Å². The normalized spacial score (nSPS) is 28.8. The SMILES string of the molecule is COC(=O)C1C2(C(=O)O)COC1(c1nc3c(C)cc(N4CCC(C)C4)cn3n1)C2.c1ccccc1. The van der Waals surface area contributed by atoms with Crippen molar-refractivity contribution in [1.29, 1.82) is 0 Å². The Morgan fingerprint density at radius 2 is 1.89 bits per heavy atom.